The second kappa shape index (κ2) is 4.78. The number of hydrogen-bond acceptors (Lipinski definition) is 3. The molecule has 1 aromatic heterocycles. The van der Waals surface area contributed by atoms with Crippen molar-refractivity contribution >= 4 is 0 Å². The zero-order chi connectivity index (χ0) is 11.7. The van der Waals surface area contributed by atoms with Crippen LogP contribution in [0.1, 0.15) is 31.2 Å². The van der Waals surface area contributed by atoms with E-state index in [1.54, 1.807) is 0 Å². The minimum Gasteiger partial charge on any atom is -0.315 e. The summed E-state index contributed by atoms with van der Waals surface area (Å²) in [4.78, 5) is 2.63. The average molecular weight is 234 g/mol. The molecular weight excluding hydrogens is 212 g/mol. The SMILES string of the molecule is CCc1cc2n(n1)CCN([C@@H]1CCCNC1)C2. The maximum Gasteiger partial charge on any atom is 0.0625 e. The highest BCUT2D eigenvalue weighted by molar-refractivity contribution is 5.12. The van der Waals surface area contributed by atoms with Gasteiger partial charge in [-0.05, 0) is 31.9 Å². The Morgan fingerprint density at radius 3 is 3.18 bits per heavy atom. The lowest BCUT2D eigenvalue weighted by Crippen LogP contribution is -2.48. The average Bonchev–Trinajstić information content (AvgIpc) is 2.81. The van der Waals surface area contributed by atoms with Gasteiger partial charge in [0.1, 0.15) is 0 Å². The summed E-state index contributed by atoms with van der Waals surface area (Å²) < 4.78 is 2.20. The van der Waals surface area contributed by atoms with E-state index in [1.807, 2.05) is 0 Å². The topological polar surface area (TPSA) is 33.1 Å². The molecule has 4 heteroatoms. The van der Waals surface area contributed by atoms with Crippen molar-refractivity contribution in [3.63, 3.8) is 0 Å². The molecule has 1 atom stereocenters. The van der Waals surface area contributed by atoms with E-state index in [-0.39, 0.29) is 0 Å². The molecule has 1 fully saturated rings. The van der Waals surface area contributed by atoms with Gasteiger partial charge in [-0.25, -0.2) is 0 Å². The van der Waals surface area contributed by atoms with Crippen LogP contribution in [0.4, 0.5) is 0 Å². The van der Waals surface area contributed by atoms with Gasteiger partial charge in [-0.1, -0.05) is 6.92 Å². The zero-order valence-corrected chi connectivity index (χ0v) is 10.7. The van der Waals surface area contributed by atoms with Crippen LogP contribution in [0.15, 0.2) is 6.07 Å². The van der Waals surface area contributed by atoms with Crippen LogP contribution in [0.25, 0.3) is 0 Å². The van der Waals surface area contributed by atoms with Crippen molar-refractivity contribution in [2.24, 2.45) is 0 Å². The Hall–Kier alpha value is -0.870. The number of aromatic nitrogens is 2. The van der Waals surface area contributed by atoms with Gasteiger partial charge in [0, 0.05) is 25.7 Å². The van der Waals surface area contributed by atoms with E-state index in [2.05, 4.69) is 33.0 Å². The summed E-state index contributed by atoms with van der Waals surface area (Å²) in [6, 6.07) is 3.01. The number of fused-ring (bicyclic) bond motifs is 1. The second-order valence-corrected chi connectivity index (χ2v) is 5.17. The van der Waals surface area contributed by atoms with Gasteiger partial charge in [-0.15, -0.1) is 0 Å². The Bertz CT molecular complexity index is 379. The molecule has 0 aromatic carbocycles. The molecule has 3 rings (SSSR count). The van der Waals surface area contributed by atoms with E-state index >= 15 is 0 Å². The van der Waals surface area contributed by atoms with Crippen molar-refractivity contribution in [3.05, 3.63) is 17.5 Å². The highest BCUT2D eigenvalue weighted by Crippen LogP contribution is 2.19. The molecule has 0 radical (unpaired) electrons. The molecule has 0 unspecified atom stereocenters. The van der Waals surface area contributed by atoms with Crippen molar-refractivity contribution in [1.82, 2.24) is 20.0 Å². The minimum absolute atomic E-state index is 0.734. The molecule has 0 spiro atoms. The molecule has 1 aromatic rings. The highest BCUT2D eigenvalue weighted by Gasteiger charge is 2.25. The minimum atomic E-state index is 0.734. The Morgan fingerprint density at radius 1 is 1.47 bits per heavy atom. The Morgan fingerprint density at radius 2 is 2.41 bits per heavy atom. The molecule has 1 N–H and O–H groups in total. The lowest BCUT2D eigenvalue weighted by molar-refractivity contribution is 0.128. The summed E-state index contributed by atoms with van der Waals surface area (Å²) in [6.45, 7) is 7.84. The molecule has 0 aliphatic carbocycles. The molecule has 0 saturated carbocycles. The highest BCUT2D eigenvalue weighted by atomic mass is 15.3. The lowest BCUT2D eigenvalue weighted by atomic mass is 10.0. The zero-order valence-electron chi connectivity index (χ0n) is 10.7. The fourth-order valence-corrected chi connectivity index (χ4v) is 2.98. The summed E-state index contributed by atoms with van der Waals surface area (Å²) in [7, 11) is 0. The third kappa shape index (κ3) is 2.24. The van der Waals surface area contributed by atoms with Gasteiger partial charge in [0.15, 0.2) is 0 Å². The van der Waals surface area contributed by atoms with Crippen LogP contribution in [0.5, 0.6) is 0 Å². The molecular formula is C13H22N4. The van der Waals surface area contributed by atoms with Crippen LogP contribution >= 0.6 is 0 Å². The fourth-order valence-electron chi connectivity index (χ4n) is 2.98. The monoisotopic (exact) mass is 234 g/mol. The van der Waals surface area contributed by atoms with Crippen LogP contribution in [0, 0.1) is 0 Å². The summed E-state index contributed by atoms with van der Waals surface area (Å²) >= 11 is 0. The number of piperidine rings is 1. The fraction of sp³-hybridized carbons (Fsp3) is 0.769. The normalized spacial score (nSPS) is 25.8. The van der Waals surface area contributed by atoms with Crippen molar-refractivity contribution in [2.45, 2.75) is 45.3 Å². The van der Waals surface area contributed by atoms with E-state index in [0.717, 1.165) is 38.6 Å². The van der Waals surface area contributed by atoms with Crippen LogP contribution in [-0.2, 0) is 19.5 Å². The molecule has 1 saturated heterocycles. The molecule has 4 nitrogen and oxygen atoms in total. The van der Waals surface area contributed by atoms with E-state index < -0.39 is 0 Å². The predicted molar refractivity (Wildman–Crippen MR) is 67.9 cm³/mol. The van der Waals surface area contributed by atoms with Gasteiger partial charge in [0.25, 0.3) is 0 Å². The summed E-state index contributed by atoms with van der Waals surface area (Å²) in [6.07, 6.45) is 3.72. The molecule has 2 aliphatic heterocycles. The largest absolute Gasteiger partial charge is 0.315 e. The van der Waals surface area contributed by atoms with Crippen molar-refractivity contribution in [2.75, 3.05) is 19.6 Å². The Kier molecular flexibility index (Phi) is 3.16. The molecule has 2 aliphatic rings. The number of rotatable bonds is 2. The van der Waals surface area contributed by atoms with E-state index in [4.69, 9.17) is 0 Å². The predicted octanol–water partition coefficient (Wildman–Crippen LogP) is 1.01. The summed E-state index contributed by atoms with van der Waals surface area (Å²) in [5.74, 6) is 0. The maximum absolute atomic E-state index is 4.62. The number of aryl methyl sites for hydroxylation is 1. The first-order chi connectivity index (χ1) is 8.36. The van der Waals surface area contributed by atoms with Gasteiger partial charge in [-0.3, -0.25) is 9.58 Å². The van der Waals surface area contributed by atoms with Gasteiger partial charge < -0.3 is 5.32 Å². The standard InChI is InChI=1S/C13H22N4/c1-2-11-8-13-10-16(6-7-17(13)15-11)12-4-3-5-14-9-12/h8,12,14H,2-7,9-10H2,1H3/t12-/m1/s1. The third-order valence-corrected chi connectivity index (χ3v) is 4.03. The van der Waals surface area contributed by atoms with Gasteiger partial charge in [0.2, 0.25) is 0 Å². The number of nitrogens with one attached hydrogen (secondary N) is 1. The summed E-state index contributed by atoms with van der Waals surface area (Å²) in [5.41, 5.74) is 2.64. The Labute approximate surface area is 103 Å². The van der Waals surface area contributed by atoms with Gasteiger partial charge in [0.05, 0.1) is 17.9 Å². The van der Waals surface area contributed by atoms with Crippen LogP contribution in [0.3, 0.4) is 0 Å². The quantitative estimate of drug-likeness (QED) is 0.829. The van der Waals surface area contributed by atoms with Crippen molar-refractivity contribution in [3.8, 4) is 0 Å². The second-order valence-electron chi connectivity index (χ2n) is 5.17. The first-order valence-electron chi connectivity index (χ1n) is 6.87. The lowest BCUT2D eigenvalue weighted by Gasteiger charge is -2.37. The third-order valence-electron chi connectivity index (χ3n) is 4.03. The first-order valence-corrected chi connectivity index (χ1v) is 6.87. The number of hydrogen-bond donors (Lipinski definition) is 1. The van der Waals surface area contributed by atoms with E-state index in [1.165, 1.54) is 30.8 Å². The molecule has 3 heterocycles. The maximum atomic E-state index is 4.62. The van der Waals surface area contributed by atoms with Gasteiger partial charge in [-0.2, -0.15) is 5.10 Å². The van der Waals surface area contributed by atoms with Crippen molar-refractivity contribution < 1.29 is 0 Å². The van der Waals surface area contributed by atoms with Gasteiger partial charge >= 0.3 is 0 Å². The van der Waals surface area contributed by atoms with Crippen LogP contribution in [0.2, 0.25) is 0 Å². The van der Waals surface area contributed by atoms with E-state index in [9.17, 15) is 0 Å². The first kappa shape index (κ1) is 11.2. The van der Waals surface area contributed by atoms with Crippen LogP contribution < -0.4 is 5.32 Å². The smallest absolute Gasteiger partial charge is 0.0625 e. The van der Waals surface area contributed by atoms with E-state index in [0.29, 0.717) is 0 Å². The number of nitrogens with zero attached hydrogens (tertiary/aromatic N) is 3. The Balaban J connectivity index is 1.70. The molecule has 94 valence electrons. The molecule has 0 amide bonds. The van der Waals surface area contributed by atoms with Crippen LogP contribution in [-0.4, -0.2) is 40.4 Å². The summed E-state index contributed by atoms with van der Waals surface area (Å²) in [5, 5.41) is 8.13. The molecule has 17 heavy (non-hydrogen) atoms. The van der Waals surface area contributed by atoms with Crippen molar-refractivity contribution in [1.29, 1.82) is 0 Å². The molecule has 0 bridgehead atoms.